The van der Waals surface area contributed by atoms with Crippen molar-refractivity contribution < 1.29 is 5.11 Å². The Morgan fingerprint density at radius 2 is 1.88 bits per heavy atom. The van der Waals surface area contributed by atoms with E-state index in [-0.39, 0.29) is 0 Å². The van der Waals surface area contributed by atoms with E-state index in [2.05, 4.69) is 19.2 Å². The molecule has 0 heterocycles. The summed E-state index contributed by atoms with van der Waals surface area (Å²) in [5, 5.41) is 13.9. The summed E-state index contributed by atoms with van der Waals surface area (Å²) in [5.74, 6) is 0.646. The molecule has 0 aliphatic carbocycles. The number of aliphatic hydroxyl groups is 1. The highest BCUT2D eigenvalue weighted by atomic mass is 35.5. The van der Waals surface area contributed by atoms with Gasteiger partial charge in [-0.1, -0.05) is 37.6 Å². The summed E-state index contributed by atoms with van der Waals surface area (Å²) in [4.78, 5) is 0. The van der Waals surface area contributed by atoms with Gasteiger partial charge in [-0.3, -0.25) is 0 Å². The Morgan fingerprint density at radius 3 is 2.44 bits per heavy atom. The molecule has 0 saturated heterocycles. The first-order chi connectivity index (χ1) is 7.59. The Morgan fingerprint density at radius 1 is 1.25 bits per heavy atom. The lowest BCUT2D eigenvalue weighted by molar-refractivity contribution is 0.166. The maximum atomic E-state index is 9.89. The molecule has 0 fully saturated rings. The molecule has 3 heteroatoms. The molecule has 1 aromatic rings. The quantitative estimate of drug-likeness (QED) is 0.751. The van der Waals surface area contributed by atoms with Crippen LogP contribution in [-0.2, 0) is 0 Å². The fourth-order valence-electron chi connectivity index (χ4n) is 1.48. The van der Waals surface area contributed by atoms with Gasteiger partial charge in [0.1, 0.15) is 0 Å². The number of hydrogen-bond donors (Lipinski definition) is 2. The van der Waals surface area contributed by atoms with Crippen LogP contribution in [0.15, 0.2) is 24.3 Å². The van der Waals surface area contributed by atoms with Crippen molar-refractivity contribution >= 4 is 11.6 Å². The van der Waals surface area contributed by atoms with Gasteiger partial charge in [-0.2, -0.15) is 0 Å². The normalized spacial score (nSPS) is 13.1. The summed E-state index contributed by atoms with van der Waals surface area (Å²) in [6.45, 7) is 6.17. The van der Waals surface area contributed by atoms with Crippen molar-refractivity contribution in [3.8, 4) is 0 Å². The molecule has 0 saturated carbocycles. The van der Waals surface area contributed by atoms with Gasteiger partial charge in [-0.05, 0) is 43.1 Å². The molecule has 2 nitrogen and oxygen atoms in total. The van der Waals surface area contributed by atoms with Crippen LogP contribution in [-0.4, -0.2) is 18.2 Å². The average molecular weight is 242 g/mol. The van der Waals surface area contributed by atoms with Gasteiger partial charge in [-0.25, -0.2) is 0 Å². The second kappa shape index (κ2) is 6.89. The van der Waals surface area contributed by atoms with E-state index in [1.807, 2.05) is 24.3 Å². The van der Waals surface area contributed by atoms with Gasteiger partial charge in [0.05, 0.1) is 6.10 Å². The van der Waals surface area contributed by atoms with Gasteiger partial charge in [0.15, 0.2) is 0 Å². The van der Waals surface area contributed by atoms with E-state index in [9.17, 15) is 5.11 Å². The summed E-state index contributed by atoms with van der Waals surface area (Å²) >= 11 is 5.78. The van der Waals surface area contributed by atoms with Crippen LogP contribution in [0.5, 0.6) is 0 Å². The second-order valence-corrected chi connectivity index (χ2v) is 4.89. The van der Waals surface area contributed by atoms with Crippen molar-refractivity contribution in [1.82, 2.24) is 5.32 Å². The molecule has 16 heavy (non-hydrogen) atoms. The predicted octanol–water partition coefficient (Wildman–Crippen LogP) is 3.01. The lowest BCUT2D eigenvalue weighted by atomic mass is 10.1. The highest BCUT2D eigenvalue weighted by Gasteiger charge is 2.06. The molecule has 1 aromatic carbocycles. The minimum absolute atomic E-state index is 0.406. The maximum Gasteiger partial charge on any atom is 0.0802 e. The average Bonchev–Trinajstić information content (AvgIpc) is 2.25. The van der Waals surface area contributed by atoms with Crippen LogP contribution in [0.1, 0.15) is 31.9 Å². The number of hydrogen-bond acceptors (Lipinski definition) is 2. The molecule has 1 atom stereocenters. The van der Waals surface area contributed by atoms with Gasteiger partial charge >= 0.3 is 0 Å². The van der Waals surface area contributed by atoms with E-state index < -0.39 is 6.10 Å². The number of halogens is 1. The summed E-state index contributed by atoms with van der Waals surface area (Å²) in [7, 11) is 0. The van der Waals surface area contributed by atoms with Crippen molar-refractivity contribution in [3.63, 3.8) is 0 Å². The molecule has 1 rings (SSSR count). The van der Waals surface area contributed by atoms with Crippen LogP contribution >= 0.6 is 11.6 Å². The van der Waals surface area contributed by atoms with Crippen LogP contribution in [0, 0.1) is 5.92 Å². The van der Waals surface area contributed by atoms with E-state index in [1.165, 1.54) is 0 Å². The van der Waals surface area contributed by atoms with Crippen LogP contribution < -0.4 is 5.32 Å². The highest BCUT2D eigenvalue weighted by molar-refractivity contribution is 6.30. The predicted molar refractivity (Wildman–Crippen MR) is 68.7 cm³/mol. The molecule has 0 bridgehead atoms. The minimum Gasteiger partial charge on any atom is -0.388 e. The van der Waals surface area contributed by atoms with Crippen LogP contribution in [0.2, 0.25) is 5.02 Å². The monoisotopic (exact) mass is 241 g/mol. The fourth-order valence-corrected chi connectivity index (χ4v) is 1.61. The van der Waals surface area contributed by atoms with Crippen molar-refractivity contribution in [2.24, 2.45) is 5.92 Å². The number of nitrogens with one attached hydrogen (secondary N) is 1. The summed E-state index contributed by atoms with van der Waals surface area (Å²) in [6, 6.07) is 7.36. The molecule has 0 spiro atoms. The molecular weight excluding hydrogens is 222 g/mol. The molecule has 90 valence electrons. The van der Waals surface area contributed by atoms with Gasteiger partial charge in [0.25, 0.3) is 0 Å². The van der Waals surface area contributed by atoms with Crippen LogP contribution in [0.25, 0.3) is 0 Å². The third-order valence-electron chi connectivity index (χ3n) is 2.40. The van der Waals surface area contributed by atoms with Crippen LogP contribution in [0.3, 0.4) is 0 Å². The number of benzene rings is 1. The molecule has 0 radical (unpaired) electrons. The number of aliphatic hydroxyl groups excluding tert-OH is 1. The highest BCUT2D eigenvalue weighted by Crippen LogP contribution is 2.18. The Hall–Kier alpha value is -0.570. The van der Waals surface area contributed by atoms with E-state index in [4.69, 9.17) is 11.6 Å². The van der Waals surface area contributed by atoms with Gasteiger partial charge < -0.3 is 10.4 Å². The van der Waals surface area contributed by atoms with Crippen LogP contribution in [0.4, 0.5) is 0 Å². The lowest BCUT2D eigenvalue weighted by Crippen LogP contribution is -2.22. The van der Waals surface area contributed by atoms with E-state index in [0.717, 1.165) is 25.1 Å². The first-order valence-electron chi connectivity index (χ1n) is 5.74. The Kier molecular flexibility index (Phi) is 5.81. The first kappa shape index (κ1) is 13.5. The third kappa shape index (κ3) is 4.97. The summed E-state index contributed by atoms with van der Waals surface area (Å²) in [5.41, 5.74) is 0.927. The lowest BCUT2D eigenvalue weighted by Gasteiger charge is -2.12. The van der Waals surface area contributed by atoms with Crippen molar-refractivity contribution in [2.45, 2.75) is 26.4 Å². The fraction of sp³-hybridized carbons (Fsp3) is 0.538. The topological polar surface area (TPSA) is 32.3 Å². The Balaban J connectivity index is 2.29. The zero-order chi connectivity index (χ0) is 12.0. The molecule has 0 aromatic heterocycles. The molecule has 2 N–H and O–H groups in total. The summed E-state index contributed by atoms with van der Waals surface area (Å²) in [6.07, 6.45) is 0.325. The first-order valence-corrected chi connectivity index (χ1v) is 6.11. The van der Waals surface area contributed by atoms with Gasteiger partial charge in [-0.15, -0.1) is 0 Å². The van der Waals surface area contributed by atoms with E-state index in [1.54, 1.807) is 0 Å². The SMILES string of the molecule is CC(C)CNCCC(O)c1ccc(Cl)cc1. The van der Waals surface area contributed by atoms with E-state index in [0.29, 0.717) is 10.9 Å². The smallest absolute Gasteiger partial charge is 0.0802 e. The number of rotatable bonds is 6. The molecular formula is C13H20ClNO. The maximum absolute atomic E-state index is 9.89. The Labute approximate surface area is 103 Å². The zero-order valence-electron chi connectivity index (χ0n) is 9.91. The molecule has 0 aliphatic rings. The Bertz CT molecular complexity index is 297. The largest absolute Gasteiger partial charge is 0.388 e. The van der Waals surface area contributed by atoms with Gasteiger partial charge in [0, 0.05) is 5.02 Å². The minimum atomic E-state index is -0.406. The van der Waals surface area contributed by atoms with Crippen molar-refractivity contribution in [3.05, 3.63) is 34.9 Å². The third-order valence-corrected chi connectivity index (χ3v) is 2.65. The molecule has 1 unspecified atom stereocenters. The molecule has 0 amide bonds. The van der Waals surface area contributed by atoms with Crippen molar-refractivity contribution in [2.75, 3.05) is 13.1 Å². The second-order valence-electron chi connectivity index (χ2n) is 4.45. The molecule has 0 aliphatic heterocycles. The van der Waals surface area contributed by atoms with Crippen molar-refractivity contribution in [1.29, 1.82) is 0 Å². The standard InChI is InChI=1S/C13H20ClNO/c1-10(2)9-15-8-7-13(16)11-3-5-12(14)6-4-11/h3-6,10,13,15-16H,7-9H2,1-2H3. The van der Waals surface area contributed by atoms with Gasteiger partial charge in [0.2, 0.25) is 0 Å². The zero-order valence-corrected chi connectivity index (χ0v) is 10.7. The van der Waals surface area contributed by atoms with E-state index >= 15 is 0 Å². The summed E-state index contributed by atoms with van der Waals surface area (Å²) < 4.78 is 0.